The Kier molecular flexibility index (Phi) is 6.88. The van der Waals surface area contributed by atoms with E-state index >= 15 is 0 Å². The minimum Gasteiger partial charge on any atom is -0.357 e. The number of aromatic nitrogens is 3. The highest BCUT2D eigenvalue weighted by molar-refractivity contribution is 7.10. The molecule has 0 radical (unpaired) electrons. The summed E-state index contributed by atoms with van der Waals surface area (Å²) in [4.78, 5) is 6.19. The lowest BCUT2D eigenvalue weighted by Crippen LogP contribution is -2.39. The molecule has 2 aromatic heterocycles. The summed E-state index contributed by atoms with van der Waals surface area (Å²) in [5.41, 5.74) is 0.0425. The van der Waals surface area contributed by atoms with Crippen molar-refractivity contribution in [1.29, 1.82) is 0 Å². The zero-order chi connectivity index (χ0) is 19.1. The van der Waals surface area contributed by atoms with E-state index in [4.69, 9.17) is 4.99 Å². The first-order valence-electron chi connectivity index (χ1n) is 10.1. The highest BCUT2D eigenvalue weighted by Crippen LogP contribution is 2.27. The Morgan fingerprint density at radius 3 is 2.93 bits per heavy atom. The van der Waals surface area contributed by atoms with Gasteiger partial charge in [0, 0.05) is 42.8 Å². The molecule has 0 aromatic carbocycles. The number of fused-ring (bicyclic) bond motifs is 1. The number of thiophene rings is 1. The first kappa shape index (κ1) is 19.9. The number of nitrogens with one attached hydrogen (secondary N) is 2. The SMILES string of the molecule is CCNC(=NCC(C)(C)c1cccs1)NCCc1nnc2n1CCCCC2. The van der Waals surface area contributed by atoms with Crippen molar-refractivity contribution < 1.29 is 0 Å². The van der Waals surface area contributed by atoms with Gasteiger partial charge in [-0.15, -0.1) is 21.5 Å². The molecule has 2 aromatic rings. The minimum atomic E-state index is 0.0425. The first-order chi connectivity index (χ1) is 13.1. The minimum absolute atomic E-state index is 0.0425. The largest absolute Gasteiger partial charge is 0.357 e. The molecule has 27 heavy (non-hydrogen) atoms. The third kappa shape index (κ3) is 5.31. The molecule has 0 bridgehead atoms. The van der Waals surface area contributed by atoms with Crippen molar-refractivity contribution in [2.45, 2.75) is 64.8 Å². The molecule has 3 rings (SSSR count). The van der Waals surface area contributed by atoms with Crippen LogP contribution in [0.1, 0.15) is 56.6 Å². The van der Waals surface area contributed by atoms with Gasteiger partial charge in [-0.3, -0.25) is 4.99 Å². The second-order valence-electron chi connectivity index (χ2n) is 7.73. The van der Waals surface area contributed by atoms with E-state index in [1.807, 2.05) is 0 Å². The van der Waals surface area contributed by atoms with Crippen molar-refractivity contribution in [2.24, 2.45) is 4.99 Å². The zero-order valence-corrected chi connectivity index (χ0v) is 17.6. The number of hydrogen-bond acceptors (Lipinski definition) is 4. The molecular formula is C20H32N6S. The Hall–Kier alpha value is -1.89. The topological polar surface area (TPSA) is 67.1 Å². The second kappa shape index (κ2) is 9.35. The summed E-state index contributed by atoms with van der Waals surface area (Å²) in [5.74, 6) is 3.12. The predicted molar refractivity (Wildman–Crippen MR) is 113 cm³/mol. The summed E-state index contributed by atoms with van der Waals surface area (Å²) >= 11 is 1.80. The molecule has 0 atom stereocenters. The monoisotopic (exact) mass is 388 g/mol. The van der Waals surface area contributed by atoms with E-state index < -0.39 is 0 Å². The summed E-state index contributed by atoms with van der Waals surface area (Å²) < 4.78 is 2.32. The molecule has 148 valence electrons. The number of rotatable bonds is 7. The van der Waals surface area contributed by atoms with E-state index in [1.165, 1.54) is 24.1 Å². The summed E-state index contributed by atoms with van der Waals surface area (Å²) in [6.07, 6.45) is 5.67. The van der Waals surface area contributed by atoms with Crippen LogP contribution in [-0.2, 0) is 24.8 Å². The van der Waals surface area contributed by atoms with Gasteiger partial charge in [0.05, 0.1) is 6.54 Å². The van der Waals surface area contributed by atoms with Crippen molar-refractivity contribution in [1.82, 2.24) is 25.4 Å². The molecule has 1 aliphatic rings. The average Bonchev–Trinajstić information content (AvgIpc) is 3.26. The van der Waals surface area contributed by atoms with Crippen LogP contribution in [0.5, 0.6) is 0 Å². The molecule has 7 heteroatoms. The molecule has 3 heterocycles. The van der Waals surface area contributed by atoms with Crippen molar-refractivity contribution in [3.8, 4) is 0 Å². The van der Waals surface area contributed by atoms with Crippen LogP contribution in [0.15, 0.2) is 22.5 Å². The van der Waals surface area contributed by atoms with Crippen LogP contribution in [0.3, 0.4) is 0 Å². The average molecular weight is 389 g/mol. The Morgan fingerprint density at radius 1 is 1.26 bits per heavy atom. The molecule has 0 amide bonds. The lowest BCUT2D eigenvalue weighted by Gasteiger charge is -2.21. The summed E-state index contributed by atoms with van der Waals surface area (Å²) in [6, 6.07) is 4.30. The molecule has 2 N–H and O–H groups in total. The van der Waals surface area contributed by atoms with E-state index in [9.17, 15) is 0 Å². The van der Waals surface area contributed by atoms with Gasteiger partial charge in [0.1, 0.15) is 11.6 Å². The van der Waals surface area contributed by atoms with Gasteiger partial charge in [0.15, 0.2) is 5.96 Å². The molecule has 0 saturated heterocycles. The molecule has 0 unspecified atom stereocenters. The highest BCUT2D eigenvalue weighted by Gasteiger charge is 2.21. The van der Waals surface area contributed by atoms with Gasteiger partial charge in [-0.25, -0.2) is 0 Å². The van der Waals surface area contributed by atoms with Gasteiger partial charge in [-0.1, -0.05) is 26.3 Å². The fraction of sp³-hybridized carbons (Fsp3) is 0.650. The smallest absolute Gasteiger partial charge is 0.191 e. The Labute approximate surface area is 166 Å². The molecule has 0 aliphatic carbocycles. The fourth-order valence-electron chi connectivity index (χ4n) is 3.38. The van der Waals surface area contributed by atoms with Gasteiger partial charge in [0.25, 0.3) is 0 Å². The van der Waals surface area contributed by atoms with Gasteiger partial charge in [-0.2, -0.15) is 0 Å². The van der Waals surface area contributed by atoms with E-state index in [0.29, 0.717) is 0 Å². The number of aryl methyl sites for hydroxylation is 1. The highest BCUT2D eigenvalue weighted by atomic mass is 32.1. The maximum atomic E-state index is 4.82. The summed E-state index contributed by atoms with van der Waals surface area (Å²) in [6.45, 7) is 10.1. The molecule has 0 fully saturated rings. The normalized spacial score (nSPS) is 15.3. The Balaban J connectivity index is 1.56. The van der Waals surface area contributed by atoms with Gasteiger partial charge >= 0.3 is 0 Å². The van der Waals surface area contributed by atoms with Crippen LogP contribution < -0.4 is 10.6 Å². The van der Waals surface area contributed by atoms with Crippen LogP contribution in [0.2, 0.25) is 0 Å². The van der Waals surface area contributed by atoms with Crippen LogP contribution in [0.25, 0.3) is 0 Å². The fourth-order valence-corrected chi connectivity index (χ4v) is 4.23. The summed E-state index contributed by atoms with van der Waals surface area (Å²) in [7, 11) is 0. The molecule has 0 saturated carbocycles. The maximum Gasteiger partial charge on any atom is 0.191 e. The number of guanidine groups is 1. The van der Waals surface area contributed by atoms with E-state index in [1.54, 1.807) is 11.3 Å². The van der Waals surface area contributed by atoms with Crippen molar-refractivity contribution >= 4 is 17.3 Å². The second-order valence-corrected chi connectivity index (χ2v) is 8.68. The van der Waals surface area contributed by atoms with Crippen LogP contribution in [-0.4, -0.2) is 40.4 Å². The zero-order valence-electron chi connectivity index (χ0n) is 16.8. The molecule has 6 nitrogen and oxygen atoms in total. The van der Waals surface area contributed by atoms with Gasteiger partial charge in [-0.05, 0) is 31.2 Å². The van der Waals surface area contributed by atoms with Crippen LogP contribution >= 0.6 is 11.3 Å². The Morgan fingerprint density at radius 2 is 2.15 bits per heavy atom. The van der Waals surface area contributed by atoms with E-state index in [-0.39, 0.29) is 5.41 Å². The standard InChI is InChI=1S/C20H32N6S/c1-4-21-19(23-15-20(2,3)16-9-8-14-27-16)22-12-11-18-25-24-17-10-6-5-7-13-26(17)18/h8-9,14H,4-7,10-13,15H2,1-3H3,(H2,21,22,23). The van der Waals surface area contributed by atoms with Crippen LogP contribution in [0, 0.1) is 0 Å². The maximum absolute atomic E-state index is 4.82. The van der Waals surface area contributed by atoms with Crippen molar-refractivity contribution in [3.63, 3.8) is 0 Å². The summed E-state index contributed by atoms with van der Waals surface area (Å²) in [5, 5.41) is 17.7. The lowest BCUT2D eigenvalue weighted by molar-refractivity contribution is 0.548. The first-order valence-corrected chi connectivity index (χ1v) is 11.0. The van der Waals surface area contributed by atoms with Gasteiger partial charge in [0.2, 0.25) is 0 Å². The third-order valence-electron chi connectivity index (χ3n) is 4.99. The quantitative estimate of drug-likeness (QED) is 0.565. The third-order valence-corrected chi connectivity index (χ3v) is 6.23. The van der Waals surface area contributed by atoms with E-state index in [2.05, 4.69) is 63.7 Å². The van der Waals surface area contributed by atoms with E-state index in [0.717, 1.165) is 56.6 Å². The Bertz CT molecular complexity index is 732. The molecular weight excluding hydrogens is 356 g/mol. The molecule has 0 spiro atoms. The van der Waals surface area contributed by atoms with Crippen molar-refractivity contribution in [2.75, 3.05) is 19.6 Å². The lowest BCUT2D eigenvalue weighted by atomic mass is 9.92. The van der Waals surface area contributed by atoms with Crippen molar-refractivity contribution in [3.05, 3.63) is 34.0 Å². The van der Waals surface area contributed by atoms with Gasteiger partial charge < -0.3 is 15.2 Å². The molecule has 1 aliphatic heterocycles. The number of aliphatic imine (C=N–C) groups is 1. The number of nitrogens with zero attached hydrogens (tertiary/aromatic N) is 4. The number of hydrogen-bond donors (Lipinski definition) is 2. The van der Waals surface area contributed by atoms with Crippen LogP contribution in [0.4, 0.5) is 0 Å². The predicted octanol–water partition coefficient (Wildman–Crippen LogP) is 3.14.